The Kier molecular flexibility index (Phi) is 4.79. The Balaban J connectivity index is 2.10. The maximum Gasteiger partial charge on any atom is 0.203 e. The lowest BCUT2D eigenvalue weighted by molar-refractivity contribution is 0.324. The number of hydrogen-bond acceptors (Lipinski definition) is 5. The lowest BCUT2D eigenvalue weighted by Gasteiger charge is -2.15. The molecule has 130 valence electrons. The summed E-state index contributed by atoms with van der Waals surface area (Å²) in [7, 11) is 6.42. The summed E-state index contributed by atoms with van der Waals surface area (Å²) in [5.41, 5.74) is 1.83. The molecule has 0 N–H and O–H groups in total. The van der Waals surface area contributed by atoms with Crippen molar-refractivity contribution in [3.63, 3.8) is 0 Å². The minimum absolute atomic E-state index is 0.552. The Morgan fingerprint density at radius 1 is 0.800 bits per heavy atom. The van der Waals surface area contributed by atoms with Gasteiger partial charge in [0.2, 0.25) is 5.75 Å². The first-order valence-electron chi connectivity index (χ1n) is 7.70. The van der Waals surface area contributed by atoms with Crippen LogP contribution in [0.5, 0.6) is 23.0 Å². The van der Waals surface area contributed by atoms with Gasteiger partial charge < -0.3 is 18.9 Å². The topological polar surface area (TPSA) is 54.7 Å². The number of methoxy groups -OCH3 is 4. The van der Waals surface area contributed by atoms with E-state index in [4.69, 9.17) is 18.9 Å². The van der Waals surface area contributed by atoms with Gasteiger partial charge in [-0.25, -0.2) is 4.98 Å². The average Bonchev–Trinajstić information content (AvgIpc) is 3.16. The molecule has 0 spiro atoms. The van der Waals surface area contributed by atoms with Gasteiger partial charge in [0.05, 0.1) is 28.4 Å². The Hall–Kier alpha value is -3.15. The van der Waals surface area contributed by atoms with Crippen LogP contribution in [0.25, 0.3) is 17.1 Å². The molecular weight excluding hydrogens is 320 g/mol. The third-order valence-corrected chi connectivity index (χ3v) is 3.91. The van der Waals surface area contributed by atoms with Crippen LogP contribution in [-0.2, 0) is 0 Å². The highest BCUT2D eigenvalue weighted by Gasteiger charge is 2.17. The van der Waals surface area contributed by atoms with Gasteiger partial charge in [-0.05, 0) is 36.4 Å². The van der Waals surface area contributed by atoms with Crippen LogP contribution in [0.1, 0.15) is 0 Å². The van der Waals surface area contributed by atoms with E-state index in [1.165, 1.54) is 0 Å². The molecule has 0 unspecified atom stereocenters. The van der Waals surface area contributed by atoms with Crippen molar-refractivity contribution < 1.29 is 18.9 Å². The molecule has 1 aromatic heterocycles. The standard InChI is InChI=1S/C19H20N2O4/c1-22-15-7-5-14(6-8-15)21-10-9-20-19(21)13-11-16(23-2)18(25-4)17(12-13)24-3/h5-12H,1-4H3. The molecule has 0 atom stereocenters. The summed E-state index contributed by atoms with van der Waals surface area (Å²) in [4.78, 5) is 4.49. The largest absolute Gasteiger partial charge is 0.497 e. The molecule has 0 bridgehead atoms. The van der Waals surface area contributed by atoms with Crippen LogP contribution in [0, 0.1) is 0 Å². The number of rotatable bonds is 6. The van der Waals surface area contributed by atoms with Gasteiger partial charge >= 0.3 is 0 Å². The summed E-state index contributed by atoms with van der Waals surface area (Å²) in [6.45, 7) is 0. The molecule has 0 aliphatic heterocycles. The van der Waals surface area contributed by atoms with Gasteiger partial charge in [-0.2, -0.15) is 0 Å². The van der Waals surface area contributed by atoms with Gasteiger partial charge in [0, 0.05) is 23.6 Å². The second-order valence-corrected chi connectivity index (χ2v) is 5.23. The predicted octanol–water partition coefficient (Wildman–Crippen LogP) is 3.57. The molecule has 25 heavy (non-hydrogen) atoms. The number of ether oxygens (including phenoxy) is 4. The monoisotopic (exact) mass is 340 g/mol. The fourth-order valence-corrected chi connectivity index (χ4v) is 2.68. The molecule has 2 aromatic carbocycles. The van der Waals surface area contributed by atoms with Crippen LogP contribution in [0.4, 0.5) is 0 Å². The molecule has 3 aromatic rings. The van der Waals surface area contributed by atoms with Crippen molar-refractivity contribution in [1.29, 1.82) is 0 Å². The van der Waals surface area contributed by atoms with Gasteiger partial charge in [-0.3, -0.25) is 4.57 Å². The lowest BCUT2D eigenvalue weighted by atomic mass is 10.1. The predicted molar refractivity (Wildman–Crippen MR) is 95.2 cm³/mol. The third kappa shape index (κ3) is 3.10. The maximum absolute atomic E-state index is 5.43. The van der Waals surface area contributed by atoms with Gasteiger partial charge in [-0.1, -0.05) is 0 Å². The zero-order valence-corrected chi connectivity index (χ0v) is 14.6. The van der Waals surface area contributed by atoms with E-state index in [0.717, 1.165) is 22.8 Å². The third-order valence-electron chi connectivity index (χ3n) is 3.91. The average molecular weight is 340 g/mol. The highest BCUT2D eigenvalue weighted by molar-refractivity contribution is 5.68. The number of imidazole rings is 1. The second kappa shape index (κ2) is 7.17. The molecule has 0 saturated carbocycles. The van der Waals surface area contributed by atoms with E-state index in [1.54, 1.807) is 34.6 Å². The number of aromatic nitrogens is 2. The second-order valence-electron chi connectivity index (χ2n) is 5.23. The fraction of sp³-hybridized carbons (Fsp3) is 0.211. The van der Waals surface area contributed by atoms with Crippen molar-refractivity contribution >= 4 is 0 Å². The highest BCUT2D eigenvalue weighted by atomic mass is 16.5. The molecule has 0 aliphatic rings. The normalized spacial score (nSPS) is 10.4. The molecule has 0 radical (unpaired) electrons. The fourth-order valence-electron chi connectivity index (χ4n) is 2.68. The first kappa shape index (κ1) is 16.7. The summed E-state index contributed by atoms with van der Waals surface area (Å²) in [6.07, 6.45) is 3.66. The highest BCUT2D eigenvalue weighted by Crippen LogP contribution is 2.41. The molecule has 0 amide bonds. The summed E-state index contributed by atoms with van der Waals surface area (Å²) in [5, 5.41) is 0. The molecule has 6 heteroatoms. The van der Waals surface area contributed by atoms with E-state index in [2.05, 4.69) is 4.98 Å². The zero-order valence-electron chi connectivity index (χ0n) is 14.6. The van der Waals surface area contributed by atoms with Crippen LogP contribution in [-0.4, -0.2) is 38.0 Å². The van der Waals surface area contributed by atoms with Gasteiger partial charge in [0.15, 0.2) is 11.5 Å². The minimum Gasteiger partial charge on any atom is -0.497 e. The number of benzene rings is 2. The zero-order chi connectivity index (χ0) is 17.8. The van der Waals surface area contributed by atoms with Gasteiger partial charge in [0.1, 0.15) is 11.6 Å². The summed E-state index contributed by atoms with van der Waals surface area (Å²) >= 11 is 0. The molecule has 6 nitrogen and oxygen atoms in total. The van der Waals surface area contributed by atoms with Crippen molar-refractivity contribution in [2.75, 3.05) is 28.4 Å². The van der Waals surface area contributed by atoms with Crippen molar-refractivity contribution in [3.8, 4) is 40.1 Å². The Morgan fingerprint density at radius 2 is 1.44 bits per heavy atom. The molecular formula is C19H20N2O4. The van der Waals surface area contributed by atoms with E-state index >= 15 is 0 Å². The number of nitrogens with zero attached hydrogens (tertiary/aromatic N) is 2. The van der Waals surface area contributed by atoms with Crippen molar-refractivity contribution in [2.45, 2.75) is 0 Å². The van der Waals surface area contributed by atoms with Gasteiger partial charge in [-0.15, -0.1) is 0 Å². The Bertz CT molecular complexity index is 831. The lowest BCUT2D eigenvalue weighted by Crippen LogP contribution is -1.99. The smallest absolute Gasteiger partial charge is 0.203 e. The first-order chi connectivity index (χ1) is 12.2. The Morgan fingerprint density at radius 3 is 1.96 bits per heavy atom. The molecule has 0 fully saturated rings. The van der Waals surface area contributed by atoms with Crippen LogP contribution in [0.2, 0.25) is 0 Å². The van der Waals surface area contributed by atoms with Crippen molar-refractivity contribution in [2.24, 2.45) is 0 Å². The van der Waals surface area contributed by atoms with E-state index in [9.17, 15) is 0 Å². The molecule has 0 aliphatic carbocycles. The SMILES string of the molecule is COc1ccc(-n2ccnc2-c2cc(OC)c(OC)c(OC)c2)cc1. The first-order valence-corrected chi connectivity index (χ1v) is 7.70. The maximum atomic E-state index is 5.43. The quantitative estimate of drug-likeness (QED) is 0.686. The molecule has 0 saturated heterocycles. The van der Waals surface area contributed by atoms with E-state index in [0.29, 0.717) is 17.2 Å². The molecule has 1 heterocycles. The summed E-state index contributed by atoms with van der Waals surface area (Å²) in [6, 6.07) is 11.5. The van der Waals surface area contributed by atoms with Crippen LogP contribution < -0.4 is 18.9 Å². The van der Waals surface area contributed by atoms with Crippen molar-refractivity contribution in [1.82, 2.24) is 9.55 Å². The van der Waals surface area contributed by atoms with Crippen LogP contribution in [0.3, 0.4) is 0 Å². The summed E-state index contributed by atoms with van der Waals surface area (Å²) in [5.74, 6) is 3.29. The van der Waals surface area contributed by atoms with E-state index in [-0.39, 0.29) is 0 Å². The van der Waals surface area contributed by atoms with Gasteiger partial charge in [0.25, 0.3) is 0 Å². The van der Waals surface area contributed by atoms with Crippen LogP contribution >= 0.6 is 0 Å². The van der Waals surface area contributed by atoms with Crippen molar-refractivity contribution in [3.05, 3.63) is 48.8 Å². The number of hydrogen-bond donors (Lipinski definition) is 0. The van der Waals surface area contributed by atoms with E-state index in [1.807, 2.05) is 47.2 Å². The summed E-state index contributed by atoms with van der Waals surface area (Å²) < 4.78 is 23.5. The van der Waals surface area contributed by atoms with E-state index < -0.39 is 0 Å². The van der Waals surface area contributed by atoms with Crippen LogP contribution in [0.15, 0.2) is 48.8 Å². The molecule has 3 rings (SSSR count). The Labute approximate surface area is 146 Å². The minimum atomic E-state index is 0.552.